The Bertz CT molecular complexity index is 558. The number of carbonyl (C=O) groups excluding carboxylic acids is 2. The number of Topliss-reactive ketones (excluding diaryl/α,β-unsaturated/α-hetero) is 2. The molecule has 0 radical (unpaired) electrons. The monoisotopic (exact) mass is 274 g/mol. The van der Waals surface area contributed by atoms with Gasteiger partial charge in [0.25, 0.3) is 0 Å². The standard InChI is InChI=1S/C16H12F2O2/c17-13-5-1-11(2-6-13)15(19)9-10-16(20)12-3-7-14(18)8-4-12/h1-8H,9-10H2. The molecule has 2 aromatic carbocycles. The average Bonchev–Trinajstić information content (AvgIpc) is 2.46. The molecule has 2 rings (SSSR count). The summed E-state index contributed by atoms with van der Waals surface area (Å²) in [6.07, 6.45) is 0.0870. The van der Waals surface area contributed by atoms with Gasteiger partial charge >= 0.3 is 0 Å². The van der Waals surface area contributed by atoms with Crippen molar-refractivity contribution in [3.05, 3.63) is 71.3 Å². The predicted octanol–water partition coefficient (Wildman–Crippen LogP) is 3.81. The van der Waals surface area contributed by atoms with Crippen LogP contribution in [0.4, 0.5) is 8.78 Å². The van der Waals surface area contributed by atoms with Gasteiger partial charge in [0.05, 0.1) is 0 Å². The lowest BCUT2D eigenvalue weighted by Gasteiger charge is -2.02. The molecule has 0 aliphatic rings. The van der Waals surface area contributed by atoms with Crippen LogP contribution < -0.4 is 0 Å². The van der Waals surface area contributed by atoms with Crippen LogP contribution in [0.15, 0.2) is 48.5 Å². The fourth-order valence-corrected chi connectivity index (χ4v) is 1.79. The SMILES string of the molecule is O=C(CCC(=O)c1ccc(F)cc1)c1ccc(F)cc1. The van der Waals surface area contributed by atoms with E-state index in [2.05, 4.69) is 0 Å². The molecule has 102 valence electrons. The van der Waals surface area contributed by atoms with Gasteiger partial charge in [-0.15, -0.1) is 0 Å². The number of rotatable bonds is 5. The van der Waals surface area contributed by atoms with Crippen LogP contribution in [-0.2, 0) is 0 Å². The van der Waals surface area contributed by atoms with E-state index in [9.17, 15) is 18.4 Å². The molecular formula is C16H12F2O2. The lowest BCUT2D eigenvalue weighted by atomic mass is 10.0. The second kappa shape index (κ2) is 6.19. The van der Waals surface area contributed by atoms with Crippen LogP contribution in [0.2, 0.25) is 0 Å². The Labute approximate surface area is 115 Å². The molecule has 0 saturated carbocycles. The van der Waals surface area contributed by atoms with Crippen molar-refractivity contribution >= 4 is 11.6 Å². The van der Waals surface area contributed by atoms with Gasteiger partial charge in [-0.3, -0.25) is 9.59 Å². The maximum Gasteiger partial charge on any atom is 0.163 e. The van der Waals surface area contributed by atoms with Crippen LogP contribution in [0.3, 0.4) is 0 Å². The fraction of sp³-hybridized carbons (Fsp3) is 0.125. The Hall–Kier alpha value is -2.36. The van der Waals surface area contributed by atoms with E-state index >= 15 is 0 Å². The van der Waals surface area contributed by atoms with E-state index in [0.29, 0.717) is 11.1 Å². The number of ketones is 2. The molecule has 4 heteroatoms. The molecule has 0 heterocycles. The van der Waals surface area contributed by atoms with Gasteiger partial charge in [0.1, 0.15) is 11.6 Å². The zero-order valence-electron chi connectivity index (χ0n) is 10.6. The van der Waals surface area contributed by atoms with Crippen molar-refractivity contribution in [2.75, 3.05) is 0 Å². The van der Waals surface area contributed by atoms with Crippen LogP contribution in [0.5, 0.6) is 0 Å². The number of benzene rings is 2. The zero-order valence-corrected chi connectivity index (χ0v) is 10.6. The summed E-state index contributed by atoms with van der Waals surface area (Å²) < 4.78 is 25.4. The first-order chi connectivity index (χ1) is 9.56. The van der Waals surface area contributed by atoms with Crippen molar-refractivity contribution in [2.45, 2.75) is 12.8 Å². The molecular weight excluding hydrogens is 262 g/mol. The molecule has 0 saturated heterocycles. The Morgan fingerprint density at radius 3 is 1.25 bits per heavy atom. The predicted molar refractivity (Wildman–Crippen MR) is 70.7 cm³/mol. The highest BCUT2D eigenvalue weighted by molar-refractivity contribution is 6.02. The third kappa shape index (κ3) is 3.57. The summed E-state index contributed by atoms with van der Waals surface area (Å²) in [7, 11) is 0. The first kappa shape index (κ1) is 14.1. The molecule has 0 unspecified atom stereocenters. The minimum absolute atomic E-state index is 0.0435. The van der Waals surface area contributed by atoms with Gasteiger partial charge in [-0.25, -0.2) is 8.78 Å². The molecule has 20 heavy (non-hydrogen) atoms. The maximum atomic E-state index is 12.7. The summed E-state index contributed by atoms with van der Waals surface area (Å²) in [6, 6.07) is 10.4. The Kier molecular flexibility index (Phi) is 4.35. The average molecular weight is 274 g/mol. The molecule has 0 N–H and O–H groups in total. The molecule has 0 amide bonds. The highest BCUT2D eigenvalue weighted by Gasteiger charge is 2.11. The number of carbonyl (C=O) groups is 2. The molecule has 0 aliphatic heterocycles. The summed E-state index contributed by atoms with van der Waals surface area (Å²) >= 11 is 0. The van der Waals surface area contributed by atoms with Crippen LogP contribution in [0.25, 0.3) is 0 Å². The van der Waals surface area contributed by atoms with Crippen molar-refractivity contribution < 1.29 is 18.4 Å². The summed E-state index contributed by atoms with van der Waals surface area (Å²) in [5.41, 5.74) is 0.747. The molecule has 0 spiro atoms. The molecule has 0 aliphatic carbocycles. The van der Waals surface area contributed by atoms with Gasteiger partial charge in [-0.05, 0) is 48.5 Å². The molecule has 2 aromatic rings. The first-order valence-corrected chi connectivity index (χ1v) is 6.14. The van der Waals surface area contributed by atoms with E-state index in [-0.39, 0.29) is 24.4 Å². The van der Waals surface area contributed by atoms with E-state index in [1.807, 2.05) is 0 Å². The molecule has 0 bridgehead atoms. The van der Waals surface area contributed by atoms with Gasteiger partial charge in [-0.1, -0.05) is 0 Å². The summed E-state index contributed by atoms with van der Waals surface area (Å²) in [5, 5.41) is 0. The maximum absolute atomic E-state index is 12.7. The van der Waals surface area contributed by atoms with Gasteiger partial charge in [0.2, 0.25) is 0 Å². The van der Waals surface area contributed by atoms with Crippen molar-refractivity contribution in [3.8, 4) is 0 Å². The van der Waals surface area contributed by atoms with Crippen LogP contribution >= 0.6 is 0 Å². The summed E-state index contributed by atoms with van der Waals surface area (Å²) in [4.78, 5) is 23.6. The Morgan fingerprint density at radius 2 is 0.950 bits per heavy atom. The first-order valence-electron chi connectivity index (χ1n) is 6.14. The quantitative estimate of drug-likeness (QED) is 0.777. The molecule has 0 fully saturated rings. The van der Waals surface area contributed by atoms with Crippen LogP contribution in [0, 0.1) is 11.6 Å². The third-order valence-electron chi connectivity index (χ3n) is 2.91. The second-order valence-corrected chi connectivity index (χ2v) is 4.36. The van der Waals surface area contributed by atoms with Crippen LogP contribution in [0.1, 0.15) is 33.6 Å². The minimum Gasteiger partial charge on any atom is -0.294 e. The third-order valence-corrected chi connectivity index (χ3v) is 2.91. The Morgan fingerprint density at radius 1 is 0.650 bits per heavy atom. The van der Waals surface area contributed by atoms with E-state index < -0.39 is 11.6 Å². The number of hydrogen-bond donors (Lipinski definition) is 0. The summed E-state index contributed by atoms with van der Waals surface area (Å²) in [5.74, 6) is -1.27. The molecule has 0 aromatic heterocycles. The summed E-state index contributed by atoms with van der Waals surface area (Å²) in [6.45, 7) is 0. The fourth-order valence-electron chi connectivity index (χ4n) is 1.79. The van der Waals surface area contributed by atoms with Crippen molar-refractivity contribution in [1.29, 1.82) is 0 Å². The Balaban J connectivity index is 1.94. The lowest BCUT2D eigenvalue weighted by molar-refractivity contribution is 0.0917. The van der Waals surface area contributed by atoms with Gasteiger partial charge in [-0.2, -0.15) is 0 Å². The molecule has 2 nitrogen and oxygen atoms in total. The zero-order chi connectivity index (χ0) is 14.5. The van der Waals surface area contributed by atoms with Gasteiger partial charge in [0.15, 0.2) is 11.6 Å². The highest BCUT2D eigenvalue weighted by atomic mass is 19.1. The lowest BCUT2D eigenvalue weighted by Crippen LogP contribution is -2.05. The van der Waals surface area contributed by atoms with Crippen molar-refractivity contribution in [3.63, 3.8) is 0 Å². The second-order valence-electron chi connectivity index (χ2n) is 4.36. The largest absolute Gasteiger partial charge is 0.294 e. The van der Waals surface area contributed by atoms with Crippen molar-refractivity contribution in [2.24, 2.45) is 0 Å². The van der Waals surface area contributed by atoms with E-state index in [0.717, 1.165) is 0 Å². The van der Waals surface area contributed by atoms with Crippen molar-refractivity contribution in [1.82, 2.24) is 0 Å². The van der Waals surface area contributed by atoms with Gasteiger partial charge in [0, 0.05) is 24.0 Å². The topological polar surface area (TPSA) is 34.1 Å². The normalized spacial score (nSPS) is 10.3. The van der Waals surface area contributed by atoms with Crippen LogP contribution in [-0.4, -0.2) is 11.6 Å². The number of halogens is 2. The minimum atomic E-state index is -0.413. The molecule has 0 atom stereocenters. The van der Waals surface area contributed by atoms with E-state index in [4.69, 9.17) is 0 Å². The number of hydrogen-bond acceptors (Lipinski definition) is 2. The van der Waals surface area contributed by atoms with E-state index in [1.165, 1.54) is 48.5 Å². The smallest absolute Gasteiger partial charge is 0.163 e. The van der Waals surface area contributed by atoms with Gasteiger partial charge < -0.3 is 0 Å². The highest BCUT2D eigenvalue weighted by Crippen LogP contribution is 2.11. The van der Waals surface area contributed by atoms with E-state index in [1.54, 1.807) is 0 Å².